The maximum Gasteiger partial charge on any atom is 0.412 e. The highest BCUT2D eigenvalue weighted by Crippen LogP contribution is 2.39. The summed E-state index contributed by atoms with van der Waals surface area (Å²) in [6.07, 6.45) is -1.11. The average Bonchev–Trinajstić information content (AvgIpc) is 3.43. The molecule has 262 valence electrons. The average molecular weight is 698 g/mol. The van der Waals surface area contributed by atoms with Crippen molar-refractivity contribution in [3.63, 3.8) is 0 Å². The predicted octanol–water partition coefficient (Wildman–Crippen LogP) is 6.94. The van der Waals surface area contributed by atoms with Crippen molar-refractivity contribution in [2.75, 3.05) is 28.6 Å². The van der Waals surface area contributed by atoms with Crippen LogP contribution >= 0.6 is 11.3 Å². The molecule has 0 aliphatic carbocycles. The Labute approximate surface area is 279 Å². The number of nitrogens with one attached hydrogen (secondary N) is 3. The first-order chi connectivity index (χ1) is 22.0. The summed E-state index contributed by atoms with van der Waals surface area (Å²) in [5, 5.41) is 11.3. The van der Waals surface area contributed by atoms with Gasteiger partial charge in [-0.1, -0.05) is 17.4 Å². The number of thiazole rings is 1. The fourth-order valence-corrected chi connectivity index (χ4v) is 6.13. The number of alkyl halides is 2. The largest absolute Gasteiger partial charge is 0.444 e. The molecule has 1 saturated heterocycles. The van der Waals surface area contributed by atoms with Crippen molar-refractivity contribution in [1.29, 1.82) is 0 Å². The van der Waals surface area contributed by atoms with Crippen LogP contribution in [0, 0.1) is 11.6 Å². The Kier molecular flexibility index (Phi) is 10.0. The van der Waals surface area contributed by atoms with E-state index in [0.717, 1.165) is 12.1 Å². The number of hydrogen-bond acceptors (Lipinski definition) is 9. The molecule has 2 aromatic heterocycles. The summed E-state index contributed by atoms with van der Waals surface area (Å²) in [6, 6.07) is 3.21. The van der Waals surface area contributed by atoms with Crippen molar-refractivity contribution in [3.8, 4) is 10.6 Å². The molecule has 3 N–H and O–H groups in total. The number of hydrogen-bond donors (Lipinski definition) is 3. The van der Waals surface area contributed by atoms with E-state index >= 15 is 8.78 Å². The van der Waals surface area contributed by atoms with Gasteiger partial charge in [-0.25, -0.2) is 32.1 Å². The van der Waals surface area contributed by atoms with Crippen LogP contribution in [0.3, 0.4) is 0 Å². The van der Waals surface area contributed by atoms with E-state index in [4.69, 9.17) is 9.47 Å². The van der Waals surface area contributed by atoms with E-state index in [2.05, 4.69) is 26.0 Å². The highest BCUT2D eigenvalue weighted by atomic mass is 32.1. The fourth-order valence-electron chi connectivity index (χ4n) is 5.13. The summed E-state index contributed by atoms with van der Waals surface area (Å²) in [5.41, 5.74) is -3.96. The minimum absolute atomic E-state index is 0.0249. The summed E-state index contributed by atoms with van der Waals surface area (Å²) in [6.45, 7) is 10.6. The zero-order chi connectivity index (χ0) is 35.8. The highest BCUT2D eigenvalue weighted by Gasteiger charge is 2.46. The summed E-state index contributed by atoms with van der Waals surface area (Å²) in [4.78, 5) is 44.3. The maximum absolute atomic E-state index is 15.4. The number of aryl methyl sites for hydroxylation is 1. The Morgan fingerprint density at radius 1 is 0.979 bits per heavy atom. The van der Waals surface area contributed by atoms with E-state index < -0.39 is 76.6 Å². The molecule has 1 aromatic carbocycles. The molecular formula is C31H39F4N7O5S. The minimum Gasteiger partial charge on any atom is -0.444 e. The topological polar surface area (TPSA) is 140 Å². The SMILES string of the molecule is Cn1ncc(NC(=O)c2nc(-c3c(F)cccc3F)sc2NC(=O)OC(C)(C)C)c1N1CC[C@](C)(NC(=O)OC(C)(C)C)CC(F)(F)C1. The van der Waals surface area contributed by atoms with Gasteiger partial charge in [0.15, 0.2) is 11.5 Å². The quantitative estimate of drug-likeness (QED) is 0.236. The van der Waals surface area contributed by atoms with Crippen LogP contribution in [0.15, 0.2) is 24.4 Å². The first-order valence-electron chi connectivity index (χ1n) is 15.0. The predicted molar refractivity (Wildman–Crippen MR) is 173 cm³/mol. The van der Waals surface area contributed by atoms with Crippen molar-refractivity contribution in [2.24, 2.45) is 7.05 Å². The van der Waals surface area contributed by atoms with Gasteiger partial charge in [-0.05, 0) is 67.0 Å². The van der Waals surface area contributed by atoms with Crippen LogP contribution in [0.5, 0.6) is 0 Å². The number of anilines is 3. The maximum atomic E-state index is 15.4. The van der Waals surface area contributed by atoms with E-state index in [0.29, 0.717) is 11.3 Å². The summed E-state index contributed by atoms with van der Waals surface area (Å²) in [5.74, 6) is -5.97. The van der Waals surface area contributed by atoms with E-state index in [1.54, 1.807) is 41.5 Å². The lowest BCUT2D eigenvalue weighted by atomic mass is 9.91. The van der Waals surface area contributed by atoms with E-state index in [1.807, 2.05) is 0 Å². The van der Waals surface area contributed by atoms with Crippen molar-refractivity contribution >= 4 is 45.9 Å². The van der Waals surface area contributed by atoms with Crippen molar-refractivity contribution in [2.45, 2.75) is 84.0 Å². The van der Waals surface area contributed by atoms with Crippen LogP contribution in [-0.2, 0) is 16.5 Å². The third-order valence-electron chi connectivity index (χ3n) is 6.90. The van der Waals surface area contributed by atoms with Crippen LogP contribution in [-0.4, -0.2) is 68.6 Å². The number of amides is 3. The zero-order valence-electron chi connectivity index (χ0n) is 27.9. The normalized spacial score (nSPS) is 18.1. The van der Waals surface area contributed by atoms with Crippen LogP contribution in [0.2, 0.25) is 0 Å². The van der Waals surface area contributed by atoms with Crippen LogP contribution in [0.25, 0.3) is 10.6 Å². The summed E-state index contributed by atoms with van der Waals surface area (Å²) < 4.78 is 72.1. The van der Waals surface area contributed by atoms with Gasteiger partial charge >= 0.3 is 12.2 Å². The molecule has 0 spiro atoms. The minimum atomic E-state index is -3.29. The molecule has 48 heavy (non-hydrogen) atoms. The Hall–Kier alpha value is -4.41. The second-order valence-electron chi connectivity index (χ2n) is 13.8. The molecule has 12 nitrogen and oxygen atoms in total. The Morgan fingerprint density at radius 3 is 2.19 bits per heavy atom. The van der Waals surface area contributed by atoms with Crippen molar-refractivity contribution in [3.05, 3.63) is 41.7 Å². The summed E-state index contributed by atoms with van der Waals surface area (Å²) >= 11 is 0.643. The zero-order valence-corrected chi connectivity index (χ0v) is 28.7. The second-order valence-corrected chi connectivity index (χ2v) is 14.8. The molecule has 4 rings (SSSR count). The fraction of sp³-hybridized carbons (Fsp3) is 0.516. The Balaban J connectivity index is 1.64. The number of benzene rings is 1. The molecule has 1 fully saturated rings. The van der Waals surface area contributed by atoms with E-state index in [-0.39, 0.29) is 34.5 Å². The van der Waals surface area contributed by atoms with Gasteiger partial charge in [0.25, 0.3) is 11.8 Å². The summed E-state index contributed by atoms with van der Waals surface area (Å²) in [7, 11) is 1.50. The van der Waals surface area contributed by atoms with Gasteiger partial charge in [-0.3, -0.25) is 14.8 Å². The lowest BCUT2D eigenvalue weighted by Gasteiger charge is -2.32. The first-order valence-corrected chi connectivity index (χ1v) is 15.8. The number of nitrogens with zero attached hydrogens (tertiary/aromatic N) is 4. The molecule has 0 bridgehead atoms. The molecule has 0 radical (unpaired) electrons. The molecule has 1 aliphatic rings. The van der Waals surface area contributed by atoms with E-state index in [1.165, 1.54) is 35.8 Å². The van der Waals surface area contributed by atoms with Gasteiger partial charge < -0.3 is 25.0 Å². The van der Waals surface area contributed by atoms with Gasteiger partial charge in [-0.15, -0.1) is 0 Å². The van der Waals surface area contributed by atoms with Crippen molar-refractivity contribution < 1.29 is 41.4 Å². The molecule has 1 aliphatic heterocycles. The number of alkyl carbamates (subject to hydrolysis) is 1. The van der Waals surface area contributed by atoms with Crippen LogP contribution in [0.1, 0.15) is 71.8 Å². The van der Waals surface area contributed by atoms with Crippen molar-refractivity contribution in [1.82, 2.24) is 20.1 Å². The van der Waals surface area contributed by atoms with E-state index in [9.17, 15) is 23.2 Å². The number of halogens is 4. The third kappa shape index (κ3) is 9.14. The number of aromatic nitrogens is 3. The van der Waals surface area contributed by atoms with Gasteiger partial charge in [0.2, 0.25) is 0 Å². The molecule has 3 heterocycles. The lowest BCUT2D eigenvalue weighted by molar-refractivity contribution is -0.0195. The second kappa shape index (κ2) is 13.2. The molecule has 3 aromatic rings. The third-order valence-corrected chi connectivity index (χ3v) is 7.88. The number of rotatable bonds is 6. The standard InChI is InChI=1S/C31H39F4N7O5S/c1-28(2,3)46-26(44)39-24-21(38-23(48-24)20-17(32)10-9-11-18(20)33)22(43)37-19-14-36-41(8)25(19)42-13-12-30(7,15-31(34,35)16-42)40-27(45)47-29(4,5)6/h9-11,14H,12-13,15-16H2,1-8H3,(H,37,43)(H,39,44)(H,40,45)/t30-/m0/s1. The highest BCUT2D eigenvalue weighted by molar-refractivity contribution is 7.19. The van der Waals surface area contributed by atoms with Gasteiger partial charge in [0, 0.05) is 25.6 Å². The molecular weight excluding hydrogens is 658 g/mol. The Bertz CT molecular complexity index is 1680. The van der Waals surface area contributed by atoms with Gasteiger partial charge in [-0.2, -0.15) is 5.10 Å². The van der Waals surface area contributed by atoms with Gasteiger partial charge in [0.1, 0.15) is 38.5 Å². The molecule has 1 atom stereocenters. The molecule has 0 saturated carbocycles. The number of carbonyl (C=O) groups is 3. The molecule has 17 heteroatoms. The monoisotopic (exact) mass is 697 g/mol. The van der Waals surface area contributed by atoms with Gasteiger partial charge in [0.05, 0.1) is 18.3 Å². The molecule has 0 unspecified atom stereocenters. The first kappa shape index (κ1) is 36.4. The molecule has 3 amide bonds. The van der Waals surface area contributed by atoms with Crippen LogP contribution < -0.4 is 20.9 Å². The van der Waals surface area contributed by atoms with Crippen LogP contribution in [0.4, 0.5) is 43.7 Å². The lowest BCUT2D eigenvalue weighted by Crippen LogP contribution is -2.50. The number of ether oxygens (including phenoxy) is 2. The Morgan fingerprint density at radius 2 is 1.58 bits per heavy atom. The number of carbonyl (C=O) groups excluding carboxylic acids is 3. The smallest absolute Gasteiger partial charge is 0.412 e.